The van der Waals surface area contributed by atoms with Gasteiger partial charge in [0.25, 0.3) is 0 Å². The number of amides is 2. The zero-order chi connectivity index (χ0) is 14.0. The summed E-state index contributed by atoms with van der Waals surface area (Å²) in [5, 5.41) is 2.69. The summed E-state index contributed by atoms with van der Waals surface area (Å²) in [6.07, 6.45) is 3.76. The summed E-state index contributed by atoms with van der Waals surface area (Å²) in [6.45, 7) is 4.07. The van der Waals surface area contributed by atoms with Crippen LogP contribution in [0, 0.1) is 0 Å². The number of carbonyl (C=O) groups is 2. The molecule has 2 rings (SSSR count). The minimum atomic E-state index is -0.474. The smallest absolute Gasteiger partial charge is 0.245 e. The Morgan fingerprint density at radius 1 is 1.42 bits per heavy atom. The number of hydrogen-bond donors (Lipinski definition) is 1. The molecule has 1 aromatic rings. The average Bonchev–Trinajstić information content (AvgIpc) is 2.41. The van der Waals surface area contributed by atoms with Crippen LogP contribution in [0.2, 0.25) is 0 Å². The van der Waals surface area contributed by atoms with Gasteiger partial charge in [-0.05, 0) is 41.4 Å². The van der Waals surface area contributed by atoms with E-state index in [0.717, 1.165) is 10.0 Å². The highest BCUT2D eigenvalue weighted by Gasteiger charge is 2.31. The van der Waals surface area contributed by atoms with E-state index >= 15 is 0 Å². The van der Waals surface area contributed by atoms with Crippen LogP contribution >= 0.6 is 15.9 Å². The lowest BCUT2D eigenvalue weighted by atomic mass is 10.1. The van der Waals surface area contributed by atoms with Crippen molar-refractivity contribution >= 4 is 27.7 Å². The number of aromatic nitrogens is 1. The first-order valence-corrected chi connectivity index (χ1v) is 6.96. The zero-order valence-corrected chi connectivity index (χ0v) is 12.5. The third-order valence-corrected chi connectivity index (χ3v) is 3.59. The third kappa shape index (κ3) is 3.32. The molecule has 1 N–H and O–H groups in total. The van der Waals surface area contributed by atoms with Gasteiger partial charge in [0, 0.05) is 35.9 Å². The first-order valence-electron chi connectivity index (χ1n) is 6.16. The molecule has 2 unspecified atom stereocenters. The second-order valence-electron chi connectivity index (χ2n) is 4.82. The number of rotatable bonds is 2. The van der Waals surface area contributed by atoms with Crippen molar-refractivity contribution in [3.8, 4) is 0 Å². The summed E-state index contributed by atoms with van der Waals surface area (Å²) in [5.74, 6) is -0.137. The van der Waals surface area contributed by atoms with Gasteiger partial charge in [-0.15, -0.1) is 0 Å². The molecule has 0 saturated carbocycles. The summed E-state index contributed by atoms with van der Waals surface area (Å²) < 4.78 is 0.877. The quantitative estimate of drug-likeness (QED) is 0.895. The van der Waals surface area contributed by atoms with Gasteiger partial charge in [0.1, 0.15) is 6.04 Å². The Balaban J connectivity index is 2.21. The van der Waals surface area contributed by atoms with Crippen molar-refractivity contribution in [3.05, 3.63) is 28.5 Å². The maximum absolute atomic E-state index is 12.3. The maximum Gasteiger partial charge on any atom is 0.245 e. The molecule has 0 spiro atoms. The van der Waals surface area contributed by atoms with Crippen molar-refractivity contribution in [2.24, 2.45) is 0 Å². The standard InChI is InChI=1S/C13H16BrN3O2/c1-8-3-12(18)16-9(2)13(19)17(8)7-10-4-11(14)6-15-5-10/h4-6,8-9H,3,7H2,1-2H3,(H,16,18). The molecule has 1 aliphatic rings. The first-order chi connectivity index (χ1) is 8.97. The van der Waals surface area contributed by atoms with Crippen LogP contribution in [0.15, 0.2) is 22.9 Å². The van der Waals surface area contributed by atoms with E-state index in [2.05, 4.69) is 26.2 Å². The molecule has 0 bridgehead atoms. The molecule has 19 heavy (non-hydrogen) atoms. The maximum atomic E-state index is 12.3. The normalized spacial score (nSPS) is 24.1. The molecule has 1 fully saturated rings. The van der Waals surface area contributed by atoms with E-state index in [1.54, 1.807) is 24.2 Å². The second-order valence-corrected chi connectivity index (χ2v) is 5.74. The summed E-state index contributed by atoms with van der Waals surface area (Å²) in [4.78, 5) is 29.7. The van der Waals surface area contributed by atoms with E-state index < -0.39 is 6.04 Å². The fourth-order valence-corrected chi connectivity index (χ4v) is 2.59. The van der Waals surface area contributed by atoms with Crippen LogP contribution in [0.5, 0.6) is 0 Å². The van der Waals surface area contributed by atoms with Crippen molar-refractivity contribution in [3.63, 3.8) is 0 Å². The Morgan fingerprint density at radius 2 is 2.16 bits per heavy atom. The molecule has 0 aromatic carbocycles. The molecular formula is C13H16BrN3O2. The van der Waals surface area contributed by atoms with E-state index in [-0.39, 0.29) is 17.9 Å². The van der Waals surface area contributed by atoms with Crippen molar-refractivity contribution < 1.29 is 9.59 Å². The highest BCUT2D eigenvalue weighted by atomic mass is 79.9. The van der Waals surface area contributed by atoms with Gasteiger partial charge in [0.2, 0.25) is 11.8 Å². The molecule has 1 aliphatic heterocycles. The Labute approximate surface area is 120 Å². The predicted octanol–water partition coefficient (Wildman–Crippen LogP) is 1.47. The van der Waals surface area contributed by atoms with Crippen LogP contribution in [-0.2, 0) is 16.1 Å². The molecule has 1 aromatic heterocycles. The first kappa shape index (κ1) is 14.0. The van der Waals surface area contributed by atoms with E-state index in [1.165, 1.54) is 0 Å². The topological polar surface area (TPSA) is 62.3 Å². The monoisotopic (exact) mass is 325 g/mol. The van der Waals surface area contributed by atoms with Crippen LogP contribution in [0.4, 0.5) is 0 Å². The lowest BCUT2D eigenvalue weighted by Crippen LogP contribution is -2.44. The average molecular weight is 326 g/mol. The van der Waals surface area contributed by atoms with Crippen molar-refractivity contribution in [1.29, 1.82) is 0 Å². The number of nitrogens with one attached hydrogen (secondary N) is 1. The van der Waals surface area contributed by atoms with E-state index in [4.69, 9.17) is 0 Å². The molecule has 6 heteroatoms. The highest BCUT2D eigenvalue weighted by Crippen LogP contribution is 2.17. The third-order valence-electron chi connectivity index (χ3n) is 3.16. The van der Waals surface area contributed by atoms with Gasteiger partial charge in [-0.1, -0.05) is 0 Å². The van der Waals surface area contributed by atoms with E-state index in [9.17, 15) is 9.59 Å². The molecule has 2 amide bonds. The Morgan fingerprint density at radius 3 is 2.84 bits per heavy atom. The highest BCUT2D eigenvalue weighted by molar-refractivity contribution is 9.10. The molecular weight excluding hydrogens is 310 g/mol. The molecule has 5 nitrogen and oxygen atoms in total. The van der Waals surface area contributed by atoms with Gasteiger partial charge < -0.3 is 10.2 Å². The Hall–Kier alpha value is -1.43. The van der Waals surface area contributed by atoms with Crippen molar-refractivity contribution in [2.45, 2.75) is 38.9 Å². The van der Waals surface area contributed by atoms with Gasteiger partial charge >= 0.3 is 0 Å². The fourth-order valence-electron chi connectivity index (χ4n) is 2.18. The van der Waals surface area contributed by atoms with Gasteiger partial charge in [0.05, 0.1) is 0 Å². The Bertz CT molecular complexity index is 506. The molecule has 2 atom stereocenters. The summed E-state index contributed by atoms with van der Waals surface area (Å²) in [7, 11) is 0. The number of halogens is 1. The van der Waals surface area contributed by atoms with Gasteiger partial charge in [-0.3, -0.25) is 14.6 Å². The molecule has 0 aliphatic carbocycles. The van der Waals surface area contributed by atoms with Crippen molar-refractivity contribution in [2.75, 3.05) is 0 Å². The largest absolute Gasteiger partial charge is 0.345 e. The summed E-state index contributed by atoms with van der Waals surface area (Å²) >= 11 is 3.36. The van der Waals surface area contributed by atoms with Gasteiger partial charge in [-0.25, -0.2) is 0 Å². The fraction of sp³-hybridized carbons (Fsp3) is 0.462. The minimum absolute atomic E-state index is 0.0571. The predicted molar refractivity (Wildman–Crippen MR) is 74.2 cm³/mol. The molecule has 2 heterocycles. The SMILES string of the molecule is CC1NC(=O)CC(C)N(Cc2cncc(Br)c2)C1=O. The van der Waals surface area contributed by atoms with Crippen LogP contribution < -0.4 is 5.32 Å². The zero-order valence-electron chi connectivity index (χ0n) is 10.9. The second kappa shape index (κ2) is 5.69. The molecule has 0 radical (unpaired) electrons. The van der Waals surface area contributed by atoms with Gasteiger partial charge in [0.15, 0.2) is 0 Å². The lowest BCUT2D eigenvalue weighted by molar-refractivity contribution is -0.135. The van der Waals surface area contributed by atoms with Crippen LogP contribution in [0.3, 0.4) is 0 Å². The van der Waals surface area contributed by atoms with E-state index in [1.807, 2.05) is 13.0 Å². The minimum Gasteiger partial charge on any atom is -0.345 e. The van der Waals surface area contributed by atoms with Crippen LogP contribution in [-0.4, -0.2) is 33.8 Å². The molecule has 1 saturated heterocycles. The summed E-state index contributed by atoms with van der Waals surface area (Å²) in [5.41, 5.74) is 0.941. The number of pyridine rings is 1. The lowest BCUT2D eigenvalue weighted by Gasteiger charge is -2.27. The van der Waals surface area contributed by atoms with Gasteiger partial charge in [-0.2, -0.15) is 0 Å². The molecule has 102 valence electrons. The van der Waals surface area contributed by atoms with E-state index in [0.29, 0.717) is 13.0 Å². The Kier molecular flexibility index (Phi) is 4.19. The number of nitrogens with zero attached hydrogens (tertiary/aromatic N) is 2. The van der Waals surface area contributed by atoms with Crippen molar-refractivity contribution in [1.82, 2.24) is 15.2 Å². The van der Waals surface area contributed by atoms with Crippen LogP contribution in [0.1, 0.15) is 25.8 Å². The summed E-state index contributed by atoms with van der Waals surface area (Å²) in [6, 6.07) is 1.34. The number of carbonyl (C=O) groups excluding carboxylic acids is 2. The number of hydrogen-bond acceptors (Lipinski definition) is 3. The van der Waals surface area contributed by atoms with Crippen LogP contribution in [0.25, 0.3) is 0 Å².